The molecule has 6 heteroatoms. The third-order valence-corrected chi connectivity index (χ3v) is 3.52. The first-order chi connectivity index (χ1) is 7.51. The van der Waals surface area contributed by atoms with Crippen LogP contribution in [0.2, 0.25) is 0 Å². The van der Waals surface area contributed by atoms with Crippen LogP contribution in [0.25, 0.3) is 0 Å². The summed E-state index contributed by atoms with van der Waals surface area (Å²) in [6.45, 7) is 0. The van der Waals surface area contributed by atoms with E-state index in [1.54, 1.807) is 12.1 Å². The van der Waals surface area contributed by atoms with Crippen molar-refractivity contribution in [3.8, 4) is 0 Å². The Bertz CT molecular complexity index is 437. The standard InChI is InChI=1S/C11H12BrFN2O.ClH/c12-8-3-2-7(6-9(8)13)15-10(16)11(14)4-1-5-11;/h2-3,6H,1,4-5,14H2,(H,15,16);1H. The lowest BCUT2D eigenvalue weighted by Gasteiger charge is -2.36. The molecule has 17 heavy (non-hydrogen) atoms. The molecule has 1 aliphatic carbocycles. The van der Waals surface area contributed by atoms with Gasteiger partial charge in [-0.25, -0.2) is 4.39 Å². The van der Waals surface area contributed by atoms with Gasteiger partial charge >= 0.3 is 0 Å². The van der Waals surface area contributed by atoms with Crippen LogP contribution in [0.3, 0.4) is 0 Å². The first kappa shape index (κ1) is 14.4. The molecule has 0 aromatic heterocycles. The Morgan fingerprint density at radius 2 is 2.12 bits per heavy atom. The Morgan fingerprint density at radius 3 is 2.59 bits per heavy atom. The highest BCUT2D eigenvalue weighted by Crippen LogP contribution is 2.30. The van der Waals surface area contributed by atoms with E-state index in [0.717, 1.165) is 6.42 Å². The third kappa shape index (κ3) is 2.97. The predicted octanol–water partition coefficient (Wildman–Crippen LogP) is 2.83. The van der Waals surface area contributed by atoms with Gasteiger partial charge in [0.1, 0.15) is 5.82 Å². The fourth-order valence-corrected chi connectivity index (χ4v) is 1.86. The van der Waals surface area contributed by atoms with Crippen LogP contribution in [0.4, 0.5) is 10.1 Å². The second kappa shape index (κ2) is 5.33. The SMILES string of the molecule is Cl.NC1(C(=O)Nc2ccc(Br)c(F)c2)CCC1. The number of nitrogens with two attached hydrogens (primary N) is 1. The lowest BCUT2D eigenvalue weighted by molar-refractivity contribution is -0.123. The number of anilines is 1. The summed E-state index contributed by atoms with van der Waals surface area (Å²) in [5, 5.41) is 2.63. The quantitative estimate of drug-likeness (QED) is 0.879. The Morgan fingerprint density at radius 1 is 1.47 bits per heavy atom. The third-order valence-electron chi connectivity index (χ3n) is 2.88. The topological polar surface area (TPSA) is 55.1 Å². The van der Waals surface area contributed by atoms with Crippen molar-refractivity contribution in [2.75, 3.05) is 5.32 Å². The predicted molar refractivity (Wildman–Crippen MR) is 70.7 cm³/mol. The Kier molecular flexibility index (Phi) is 4.52. The van der Waals surface area contributed by atoms with Crippen LogP contribution in [0.5, 0.6) is 0 Å². The molecule has 0 saturated heterocycles. The summed E-state index contributed by atoms with van der Waals surface area (Å²) in [5.41, 5.74) is 5.52. The number of amides is 1. The van der Waals surface area contributed by atoms with Crippen molar-refractivity contribution in [3.63, 3.8) is 0 Å². The van der Waals surface area contributed by atoms with Gasteiger partial charge in [-0.3, -0.25) is 4.79 Å². The van der Waals surface area contributed by atoms with Crippen LogP contribution in [0, 0.1) is 5.82 Å². The molecule has 3 nitrogen and oxygen atoms in total. The first-order valence-electron chi connectivity index (χ1n) is 5.07. The number of benzene rings is 1. The second-order valence-corrected chi connectivity index (χ2v) is 4.95. The second-order valence-electron chi connectivity index (χ2n) is 4.09. The molecule has 1 aliphatic rings. The van der Waals surface area contributed by atoms with Crippen LogP contribution in [0.1, 0.15) is 19.3 Å². The number of hydrogen-bond acceptors (Lipinski definition) is 2. The van der Waals surface area contributed by atoms with Gasteiger partial charge in [0.15, 0.2) is 0 Å². The van der Waals surface area contributed by atoms with Gasteiger partial charge in [-0.2, -0.15) is 0 Å². The van der Waals surface area contributed by atoms with E-state index in [4.69, 9.17) is 5.73 Å². The number of rotatable bonds is 2. The maximum Gasteiger partial charge on any atom is 0.244 e. The minimum Gasteiger partial charge on any atom is -0.324 e. The van der Waals surface area contributed by atoms with E-state index in [-0.39, 0.29) is 18.3 Å². The zero-order valence-electron chi connectivity index (χ0n) is 9.00. The summed E-state index contributed by atoms with van der Waals surface area (Å²) in [4.78, 5) is 11.7. The van der Waals surface area contributed by atoms with Crippen LogP contribution >= 0.6 is 28.3 Å². The van der Waals surface area contributed by atoms with Crippen molar-refractivity contribution in [1.82, 2.24) is 0 Å². The van der Waals surface area contributed by atoms with E-state index in [9.17, 15) is 9.18 Å². The van der Waals surface area contributed by atoms with Gasteiger partial charge in [-0.1, -0.05) is 0 Å². The maximum atomic E-state index is 13.2. The van der Waals surface area contributed by atoms with Crippen molar-refractivity contribution in [1.29, 1.82) is 0 Å². The minimum absolute atomic E-state index is 0. The molecule has 0 heterocycles. The number of nitrogens with one attached hydrogen (secondary N) is 1. The smallest absolute Gasteiger partial charge is 0.244 e. The van der Waals surface area contributed by atoms with E-state index in [1.807, 2.05) is 0 Å². The molecule has 0 atom stereocenters. The van der Waals surface area contributed by atoms with E-state index in [1.165, 1.54) is 6.07 Å². The van der Waals surface area contributed by atoms with E-state index >= 15 is 0 Å². The largest absolute Gasteiger partial charge is 0.324 e. The highest BCUT2D eigenvalue weighted by Gasteiger charge is 2.40. The molecule has 3 N–H and O–H groups in total. The van der Waals surface area contributed by atoms with E-state index < -0.39 is 11.4 Å². The fourth-order valence-electron chi connectivity index (χ4n) is 1.61. The molecule has 1 amide bonds. The summed E-state index contributed by atoms with van der Waals surface area (Å²) in [5.74, 6) is -0.641. The summed E-state index contributed by atoms with van der Waals surface area (Å²) < 4.78 is 13.6. The summed E-state index contributed by atoms with van der Waals surface area (Å²) in [6, 6.07) is 4.45. The van der Waals surface area contributed by atoms with Crippen LogP contribution in [-0.2, 0) is 4.79 Å². The van der Waals surface area contributed by atoms with Crippen molar-refractivity contribution < 1.29 is 9.18 Å². The molecule has 1 saturated carbocycles. The van der Waals surface area contributed by atoms with Crippen molar-refractivity contribution in [3.05, 3.63) is 28.5 Å². The van der Waals surface area contributed by atoms with Gasteiger partial charge in [0.05, 0.1) is 10.0 Å². The van der Waals surface area contributed by atoms with Crippen molar-refractivity contribution in [2.45, 2.75) is 24.8 Å². The molecule has 0 unspecified atom stereocenters. The monoisotopic (exact) mass is 322 g/mol. The van der Waals surface area contributed by atoms with Gasteiger partial charge in [0.2, 0.25) is 5.91 Å². The number of hydrogen-bond donors (Lipinski definition) is 2. The number of carbonyl (C=O) groups excluding carboxylic acids is 1. The zero-order valence-corrected chi connectivity index (χ0v) is 11.4. The van der Waals surface area contributed by atoms with Crippen molar-refractivity contribution in [2.24, 2.45) is 5.73 Å². The van der Waals surface area contributed by atoms with Gasteiger partial charge in [-0.15, -0.1) is 12.4 Å². The summed E-state index contributed by atoms with van der Waals surface area (Å²) in [6.07, 6.45) is 2.36. The average Bonchev–Trinajstić information content (AvgIpc) is 2.20. The fraction of sp³-hybridized carbons (Fsp3) is 0.364. The zero-order chi connectivity index (χ0) is 11.8. The molecule has 1 aromatic rings. The maximum absolute atomic E-state index is 13.2. The normalized spacial score (nSPS) is 16.6. The molecule has 2 rings (SSSR count). The minimum atomic E-state index is -0.760. The van der Waals surface area contributed by atoms with Crippen LogP contribution < -0.4 is 11.1 Å². The Hall–Kier alpha value is -0.650. The number of halogens is 3. The molecular weight excluding hydrogens is 310 g/mol. The molecule has 1 aromatic carbocycles. The number of carbonyl (C=O) groups is 1. The van der Waals surface area contributed by atoms with E-state index in [0.29, 0.717) is 23.0 Å². The Balaban J connectivity index is 0.00000144. The summed E-state index contributed by atoms with van der Waals surface area (Å²) in [7, 11) is 0. The lowest BCUT2D eigenvalue weighted by Crippen LogP contribution is -2.56. The van der Waals surface area contributed by atoms with Crippen molar-refractivity contribution >= 4 is 39.9 Å². The van der Waals surface area contributed by atoms with Crippen LogP contribution in [-0.4, -0.2) is 11.4 Å². The molecule has 0 aliphatic heterocycles. The molecule has 94 valence electrons. The first-order valence-corrected chi connectivity index (χ1v) is 5.86. The average molecular weight is 324 g/mol. The van der Waals surface area contributed by atoms with Gasteiger partial charge in [0.25, 0.3) is 0 Å². The van der Waals surface area contributed by atoms with Gasteiger partial charge in [0, 0.05) is 5.69 Å². The molecular formula is C11H13BrClFN2O. The van der Waals surface area contributed by atoms with Crippen LogP contribution in [0.15, 0.2) is 22.7 Å². The summed E-state index contributed by atoms with van der Waals surface area (Å²) >= 11 is 3.05. The lowest BCUT2D eigenvalue weighted by atomic mass is 9.77. The highest BCUT2D eigenvalue weighted by atomic mass is 79.9. The molecule has 1 fully saturated rings. The molecule has 0 radical (unpaired) electrons. The molecule has 0 spiro atoms. The highest BCUT2D eigenvalue weighted by molar-refractivity contribution is 9.10. The molecule has 0 bridgehead atoms. The van der Waals surface area contributed by atoms with Gasteiger partial charge < -0.3 is 11.1 Å². The Labute approximate surface area is 113 Å². The van der Waals surface area contributed by atoms with E-state index in [2.05, 4.69) is 21.2 Å². The van der Waals surface area contributed by atoms with Gasteiger partial charge in [-0.05, 0) is 53.4 Å².